The molecule has 2 aromatic heterocycles. The van der Waals surface area contributed by atoms with Gasteiger partial charge in [0.15, 0.2) is 10.6 Å². The van der Waals surface area contributed by atoms with Crippen LogP contribution in [-0.4, -0.2) is 33.5 Å². The fourth-order valence-electron chi connectivity index (χ4n) is 2.07. The minimum Gasteiger partial charge on any atom is -0.385 e. The molecule has 0 fully saturated rings. The van der Waals surface area contributed by atoms with Crippen LogP contribution in [0.3, 0.4) is 0 Å². The molecule has 0 spiro atoms. The summed E-state index contributed by atoms with van der Waals surface area (Å²) in [6.45, 7) is 5.94. The van der Waals surface area contributed by atoms with Crippen LogP contribution < -0.4 is 0 Å². The number of nitrogens with zero attached hydrogens (tertiary/aromatic N) is 3. The second-order valence-electron chi connectivity index (χ2n) is 5.58. The van der Waals surface area contributed by atoms with E-state index in [1.807, 2.05) is 16.7 Å². The number of hydrogen-bond acceptors (Lipinski definition) is 4. The van der Waals surface area contributed by atoms with Crippen LogP contribution in [-0.2, 0) is 11.3 Å². The molecule has 0 atom stereocenters. The van der Waals surface area contributed by atoms with Gasteiger partial charge in [-0.15, -0.1) is 0 Å². The van der Waals surface area contributed by atoms with Crippen LogP contribution >= 0.6 is 12.2 Å². The standard InChI is InChI=1S/C14H20N4OS/c1-14(2,6-9-19-3)10-18-12(16-17-13(18)20)11-4-7-15-8-5-11/h4-5,7-8H,6,9-10H2,1-3H3,(H,17,20). The van der Waals surface area contributed by atoms with E-state index in [0.29, 0.717) is 4.77 Å². The summed E-state index contributed by atoms with van der Waals surface area (Å²) in [4.78, 5) is 4.03. The van der Waals surface area contributed by atoms with Gasteiger partial charge in [0.25, 0.3) is 0 Å². The Balaban J connectivity index is 2.29. The Morgan fingerprint density at radius 3 is 2.70 bits per heavy atom. The molecule has 0 aliphatic carbocycles. The highest BCUT2D eigenvalue weighted by Crippen LogP contribution is 2.26. The smallest absolute Gasteiger partial charge is 0.195 e. The van der Waals surface area contributed by atoms with Gasteiger partial charge in [-0.05, 0) is 36.2 Å². The first-order valence-electron chi connectivity index (χ1n) is 6.58. The number of rotatable bonds is 6. The largest absolute Gasteiger partial charge is 0.385 e. The van der Waals surface area contributed by atoms with E-state index in [0.717, 1.165) is 31.0 Å². The zero-order valence-electron chi connectivity index (χ0n) is 12.1. The minimum absolute atomic E-state index is 0.0832. The Bertz CT molecular complexity index is 603. The summed E-state index contributed by atoms with van der Waals surface area (Å²) in [7, 11) is 1.72. The Morgan fingerprint density at radius 1 is 1.35 bits per heavy atom. The van der Waals surface area contributed by atoms with Crippen molar-refractivity contribution < 1.29 is 4.74 Å². The van der Waals surface area contributed by atoms with Gasteiger partial charge in [0.1, 0.15) is 0 Å². The predicted octanol–water partition coefficient (Wildman–Crippen LogP) is 3.07. The lowest BCUT2D eigenvalue weighted by Gasteiger charge is -2.25. The van der Waals surface area contributed by atoms with Crippen molar-refractivity contribution in [2.75, 3.05) is 13.7 Å². The van der Waals surface area contributed by atoms with Crippen molar-refractivity contribution in [1.82, 2.24) is 19.7 Å². The molecule has 0 unspecified atom stereocenters. The number of ether oxygens (including phenoxy) is 1. The SMILES string of the molecule is COCCC(C)(C)Cn1c(-c2ccncc2)n[nH]c1=S. The summed E-state index contributed by atoms with van der Waals surface area (Å²) >= 11 is 5.35. The maximum absolute atomic E-state index is 5.35. The maximum atomic E-state index is 5.35. The van der Waals surface area contributed by atoms with Crippen molar-refractivity contribution >= 4 is 12.2 Å². The molecule has 2 rings (SSSR count). The molecule has 0 aromatic carbocycles. The highest BCUT2D eigenvalue weighted by Gasteiger charge is 2.21. The molecule has 0 saturated carbocycles. The van der Waals surface area contributed by atoms with Gasteiger partial charge in [-0.25, -0.2) is 0 Å². The van der Waals surface area contributed by atoms with Crippen molar-refractivity contribution in [3.63, 3.8) is 0 Å². The average Bonchev–Trinajstić information content (AvgIpc) is 2.79. The third-order valence-electron chi connectivity index (χ3n) is 3.27. The predicted molar refractivity (Wildman–Crippen MR) is 80.9 cm³/mol. The van der Waals surface area contributed by atoms with E-state index in [4.69, 9.17) is 17.0 Å². The van der Waals surface area contributed by atoms with Crippen molar-refractivity contribution in [3.05, 3.63) is 29.3 Å². The second-order valence-corrected chi connectivity index (χ2v) is 5.97. The zero-order chi connectivity index (χ0) is 14.6. The van der Waals surface area contributed by atoms with Crippen LogP contribution in [0.5, 0.6) is 0 Å². The summed E-state index contributed by atoms with van der Waals surface area (Å²) in [5.74, 6) is 0.850. The lowest BCUT2D eigenvalue weighted by Crippen LogP contribution is -2.22. The number of H-pyrrole nitrogens is 1. The molecule has 2 aromatic rings. The maximum Gasteiger partial charge on any atom is 0.195 e. The molecule has 0 aliphatic heterocycles. The molecular formula is C14H20N4OS. The molecule has 20 heavy (non-hydrogen) atoms. The van der Waals surface area contributed by atoms with Gasteiger partial charge < -0.3 is 4.74 Å². The van der Waals surface area contributed by atoms with E-state index < -0.39 is 0 Å². The van der Waals surface area contributed by atoms with Crippen LogP contribution in [0.2, 0.25) is 0 Å². The van der Waals surface area contributed by atoms with Gasteiger partial charge in [0, 0.05) is 38.2 Å². The Labute approximate surface area is 124 Å². The molecule has 0 aliphatic rings. The molecule has 0 bridgehead atoms. The van der Waals surface area contributed by atoms with E-state index in [9.17, 15) is 0 Å². The van der Waals surface area contributed by atoms with Gasteiger partial charge in [-0.1, -0.05) is 13.8 Å². The molecule has 2 heterocycles. The summed E-state index contributed by atoms with van der Waals surface area (Å²) < 4.78 is 7.86. The topological polar surface area (TPSA) is 55.7 Å². The number of aromatic nitrogens is 4. The van der Waals surface area contributed by atoms with Crippen molar-refractivity contribution in [2.24, 2.45) is 5.41 Å². The number of hydrogen-bond donors (Lipinski definition) is 1. The Kier molecular flexibility index (Phi) is 4.67. The molecule has 108 valence electrons. The Morgan fingerprint density at radius 2 is 2.05 bits per heavy atom. The van der Waals surface area contributed by atoms with Gasteiger partial charge in [-0.3, -0.25) is 14.6 Å². The van der Waals surface area contributed by atoms with Crippen LogP contribution in [0, 0.1) is 10.2 Å². The van der Waals surface area contributed by atoms with Crippen molar-refractivity contribution in [2.45, 2.75) is 26.8 Å². The first-order valence-corrected chi connectivity index (χ1v) is 6.99. The van der Waals surface area contributed by atoms with E-state index in [2.05, 4.69) is 29.0 Å². The summed E-state index contributed by atoms with van der Waals surface area (Å²) in [5.41, 5.74) is 1.09. The van der Waals surface area contributed by atoms with E-state index in [1.54, 1.807) is 19.5 Å². The van der Waals surface area contributed by atoms with Crippen LogP contribution in [0.25, 0.3) is 11.4 Å². The first kappa shape index (κ1) is 14.9. The van der Waals surface area contributed by atoms with Gasteiger partial charge in [0.05, 0.1) is 0 Å². The highest BCUT2D eigenvalue weighted by atomic mass is 32.1. The van der Waals surface area contributed by atoms with Gasteiger partial charge >= 0.3 is 0 Å². The minimum atomic E-state index is 0.0832. The van der Waals surface area contributed by atoms with Crippen LogP contribution in [0.4, 0.5) is 0 Å². The summed E-state index contributed by atoms with van der Waals surface area (Å²) in [6, 6.07) is 3.87. The summed E-state index contributed by atoms with van der Waals surface area (Å²) in [5, 5.41) is 7.22. The number of nitrogens with one attached hydrogen (secondary N) is 1. The molecule has 0 amide bonds. The number of pyridine rings is 1. The second kappa shape index (κ2) is 6.28. The third-order valence-corrected chi connectivity index (χ3v) is 3.58. The molecule has 1 N–H and O–H groups in total. The first-order chi connectivity index (χ1) is 9.53. The summed E-state index contributed by atoms with van der Waals surface area (Å²) in [6.07, 6.45) is 4.48. The number of aromatic amines is 1. The molecule has 0 radical (unpaired) electrons. The number of methoxy groups -OCH3 is 1. The van der Waals surface area contributed by atoms with E-state index >= 15 is 0 Å². The lowest BCUT2D eigenvalue weighted by atomic mass is 9.89. The average molecular weight is 292 g/mol. The molecule has 5 nitrogen and oxygen atoms in total. The molecule has 0 saturated heterocycles. The van der Waals surface area contributed by atoms with E-state index in [1.165, 1.54) is 0 Å². The Hall–Kier alpha value is -1.53. The van der Waals surface area contributed by atoms with Crippen molar-refractivity contribution in [1.29, 1.82) is 0 Å². The highest BCUT2D eigenvalue weighted by molar-refractivity contribution is 7.71. The monoisotopic (exact) mass is 292 g/mol. The fourth-order valence-corrected chi connectivity index (χ4v) is 2.27. The van der Waals surface area contributed by atoms with Crippen LogP contribution in [0.15, 0.2) is 24.5 Å². The normalized spacial score (nSPS) is 11.8. The van der Waals surface area contributed by atoms with Crippen molar-refractivity contribution in [3.8, 4) is 11.4 Å². The van der Waals surface area contributed by atoms with Crippen LogP contribution in [0.1, 0.15) is 20.3 Å². The molecule has 6 heteroatoms. The quantitative estimate of drug-likeness (QED) is 0.831. The molecular weight excluding hydrogens is 272 g/mol. The third kappa shape index (κ3) is 3.52. The fraction of sp³-hybridized carbons (Fsp3) is 0.500. The zero-order valence-corrected chi connectivity index (χ0v) is 12.9. The van der Waals surface area contributed by atoms with Gasteiger partial charge in [0.2, 0.25) is 0 Å². The van der Waals surface area contributed by atoms with E-state index in [-0.39, 0.29) is 5.41 Å². The lowest BCUT2D eigenvalue weighted by molar-refractivity contribution is 0.142. The van der Waals surface area contributed by atoms with Gasteiger partial charge in [-0.2, -0.15) is 5.10 Å².